The minimum atomic E-state index is -0.738. The standard InChI is InChI=1S/C19H22N2O3/c1-13-7-8-17(24-2)16(11-13)20-18(23)21-19(12-22)10-9-14-5-3-4-6-15(14)19/h3-8,11,22H,9-10,12H2,1-2H3,(H2,20,21,23). The lowest BCUT2D eigenvalue weighted by molar-refractivity contribution is 0.164. The summed E-state index contributed by atoms with van der Waals surface area (Å²) < 4.78 is 5.29. The smallest absolute Gasteiger partial charge is 0.320 e. The molecule has 1 unspecified atom stereocenters. The first-order valence-corrected chi connectivity index (χ1v) is 8.01. The summed E-state index contributed by atoms with van der Waals surface area (Å²) in [5, 5.41) is 15.8. The minimum Gasteiger partial charge on any atom is -0.495 e. The van der Waals surface area contributed by atoms with Crippen LogP contribution in [0, 0.1) is 6.92 Å². The molecular weight excluding hydrogens is 304 g/mol. The molecule has 0 heterocycles. The van der Waals surface area contributed by atoms with Crippen LogP contribution in [-0.4, -0.2) is 24.9 Å². The molecular formula is C19H22N2O3. The maximum Gasteiger partial charge on any atom is 0.320 e. The van der Waals surface area contributed by atoms with Crippen LogP contribution in [0.3, 0.4) is 0 Å². The van der Waals surface area contributed by atoms with Crippen molar-refractivity contribution in [2.45, 2.75) is 25.3 Å². The Morgan fingerprint density at radius 3 is 2.83 bits per heavy atom. The zero-order chi connectivity index (χ0) is 17.2. The van der Waals surface area contributed by atoms with Crippen LogP contribution in [0.1, 0.15) is 23.1 Å². The van der Waals surface area contributed by atoms with E-state index in [1.165, 1.54) is 5.56 Å². The van der Waals surface area contributed by atoms with Gasteiger partial charge >= 0.3 is 6.03 Å². The molecule has 0 saturated carbocycles. The Labute approximate surface area is 141 Å². The molecule has 0 radical (unpaired) electrons. The monoisotopic (exact) mass is 326 g/mol. The average Bonchev–Trinajstić information content (AvgIpc) is 2.94. The van der Waals surface area contributed by atoms with Crippen molar-refractivity contribution in [3.63, 3.8) is 0 Å². The summed E-state index contributed by atoms with van der Waals surface area (Å²) in [4.78, 5) is 12.5. The number of anilines is 1. The van der Waals surface area contributed by atoms with Crippen molar-refractivity contribution in [1.29, 1.82) is 0 Å². The molecule has 3 N–H and O–H groups in total. The number of nitrogens with one attached hydrogen (secondary N) is 2. The van der Waals surface area contributed by atoms with Crippen molar-refractivity contribution in [2.24, 2.45) is 0 Å². The Hall–Kier alpha value is -2.53. The topological polar surface area (TPSA) is 70.6 Å². The molecule has 2 amide bonds. The number of hydrogen-bond acceptors (Lipinski definition) is 3. The molecule has 0 fully saturated rings. The van der Waals surface area contributed by atoms with Crippen molar-refractivity contribution in [1.82, 2.24) is 5.32 Å². The summed E-state index contributed by atoms with van der Waals surface area (Å²) in [6.45, 7) is 1.81. The summed E-state index contributed by atoms with van der Waals surface area (Å²) in [5.41, 5.74) is 3.04. The summed E-state index contributed by atoms with van der Waals surface area (Å²) in [6.07, 6.45) is 1.52. The molecule has 0 saturated heterocycles. The summed E-state index contributed by atoms with van der Waals surface area (Å²) in [7, 11) is 1.57. The first-order valence-electron chi connectivity index (χ1n) is 8.01. The first-order chi connectivity index (χ1) is 11.6. The van der Waals surface area contributed by atoms with Crippen LogP contribution < -0.4 is 15.4 Å². The van der Waals surface area contributed by atoms with Gasteiger partial charge in [0.1, 0.15) is 5.75 Å². The highest BCUT2D eigenvalue weighted by Crippen LogP contribution is 2.36. The van der Waals surface area contributed by atoms with Gasteiger partial charge < -0.3 is 20.5 Å². The summed E-state index contributed by atoms with van der Waals surface area (Å²) >= 11 is 0. The number of ether oxygens (including phenoxy) is 1. The predicted octanol–water partition coefficient (Wildman–Crippen LogP) is 2.96. The number of aryl methyl sites for hydroxylation is 2. The molecule has 5 nitrogen and oxygen atoms in total. The fourth-order valence-electron chi connectivity index (χ4n) is 3.31. The molecule has 126 valence electrons. The van der Waals surface area contributed by atoms with Crippen molar-refractivity contribution in [2.75, 3.05) is 19.0 Å². The third-order valence-electron chi connectivity index (χ3n) is 4.58. The van der Waals surface area contributed by atoms with Gasteiger partial charge in [0.25, 0.3) is 0 Å². The van der Waals surface area contributed by atoms with Crippen LogP contribution in [0.2, 0.25) is 0 Å². The zero-order valence-corrected chi connectivity index (χ0v) is 13.9. The van der Waals surface area contributed by atoms with E-state index >= 15 is 0 Å². The molecule has 2 aromatic carbocycles. The average molecular weight is 326 g/mol. The molecule has 2 aromatic rings. The zero-order valence-electron chi connectivity index (χ0n) is 13.9. The number of rotatable bonds is 4. The fraction of sp³-hybridized carbons (Fsp3) is 0.316. The van der Waals surface area contributed by atoms with E-state index in [4.69, 9.17) is 4.74 Å². The molecule has 0 spiro atoms. The van der Waals surface area contributed by atoms with E-state index in [0.29, 0.717) is 17.9 Å². The Morgan fingerprint density at radius 2 is 2.08 bits per heavy atom. The lowest BCUT2D eigenvalue weighted by Gasteiger charge is -2.29. The van der Waals surface area contributed by atoms with Gasteiger partial charge in [0.05, 0.1) is 24.9 Å². The Balaban J connectivity index is 1.81. The van der Waals surface area contributed by atoms with Crippen molar-refractivity contribution >= 4 is 11.7 Å². The second-order valence-corrected chi connectivity index (χ2v) is 6.18. The molecule has 1 aliphatic carbocycles. The molecule has 1 atom stereocenters. The lowest BCUT2D eigenvalue weighted by Crippen LogP contribution is -2.48. The van der Waals surface area contributed by atoms with E-state index in [-0.39, 0.29) is 12.6 Å². The highest BCUT2D eigenvalue weighted by atomic mass is 16.5. The van der Waals surface area contributed by atoms with E-state index in [1.807, 2.05) is 49.4 Å². The molecule has 1 aliphatic rings. The number of aliphatic hydroxyl groups is 1. The SMILES string of the molecule is COc1ccc(C)cc1NC(=O)NC1(CO)CCc2ccccc21. The van der Waals surface area contributed by atoms with Crippen molar-refractivity contribution < 1.29 is 14.6 Å². The van der Waals surface area contributed by atoms with E-state index in [9.17, 15) is 9.90 Å². The maximum atomic E-state index is 12.5. The first kappa shape index (κ1) is 16.3. The third kappa shape index (κ3) is 2.95. The van der Waals surface area contributed by atoms with Gasteiger partial charge in [0.2, 0.25) is 0 Å². The molecule has 3 rings (SSSR count). The maximum absolute atomic E-state index is 12.5. The number of urea groups is 1. The van der Waals surface area contributed by atoms with Crippen LogP contribution in [0.15, 0.2) is 42.5 Å². The molecule has 5 heteroatoms. The van der Waals surface area contributed by atoms with Gasteiger partial charge in [0.15, 0.2) is 0 Å². The molecule has 0 aliphatic heterocycles. The van der Waals surface area contributed by atoms with E-state index in [2.05, 4.69) is 10.6 Å². The van der Waals surface area contributed by atoms with Gasteiger partial charge in [-0.2, -0.15) is 0 Å². The summed E-state index contributed by atoms with van der Waals surface area (Å²) in [6, 6.07) is 13.1. The van der Waals surface area contributed by atoms with Gasteiger partial charge in [-0.25, -0.2) is 4.79 Å². The van der Waals surface area contributed by atoms with Crippen LogP contribution >= 0.6 is 0 Å². The van der Waals surface area contributed by atoms with Gasteiger partial charge in [-0.1, -0.05) is 30.3 Å². The van der Waals surface area contributed by atoms with Crippen LogP contribution in [0.25, 0.3) is 0 Å². The highest BCUT2D eigenvalue weighted by Gasteiger charge is 2.39. The fourth-order valence-corrected chi connectivity index (χ4v) is 3.31. The molecule has 24 heavy (non-hydrogen) atoms. The Kier molecular flexibility index (Phi) is 4.44. The largest absolute Gasteiger partial charge is 0.495 e. The molecule has 0 bridgehead atoms. The Morgan fingerprint density at radius 1 is 1.29 bits per heavy atom. The normalized spacial score (nSPS) is 18.8. The lowest BCUT2D eigenvalue weighted by atomic mass is 9.93. The van der Waals surface area contributed by atoms with Gasteiger partial charge in [-0.3, -0.25) is 0 Å². The molecule has 0 aromatic heterocycles. The predicted molar refractivity (Wildman–Crippen MR) is 93.4 cm³/mol. The number of amides is 2. The third-order valence-corrected chi connectivity index (χ3v) is 4.58. The van der Waals surface area contributed by atoms with E-state index < -0.39 is 5.54 Å². The highest BCUT2D eigenvalue weighted by molar-refractivity contribution is 5.91. The van der Waals surface area contributed by atoms with Crippen molar-refractivity contribution in [3.8, 4) is 5.75 Å². The van der Waals surface area contributed by atoms with Crippen LogP contribution in [0.5, 0.6) is 5.75 Å². The van der Waals surface area contributed by atoms with Crippen molar-refractivity contribution in [3.05, 3.63) is 59.2 Å². The van der Waals surface area contributed by atoms with Gasteiger partial charge in [-0.15, -0.1) is 0 Å². The minimum absolute atomic E-state index is 0.137. The van der Waals surface area contributed by atoms with Gasteiger partial charge in [0, 0.05) is 0 Å². The number of hydrogen-bond donors (Lipinski definition) is 3. The van der Waals surface area contributed by atoms with Crippen LogP contribution in [-0.2, 0) is 12.0 Å². The number of methoxy groups -OCH3 is 1. The number of fused-ring (bicyclic) bond motifs is 1. The quantitative estimate of drug-likeness (QED) is 0.809. The number of carbonyl (C=O) groups is 1. The number of carbonyl (C=O) groups excluding carboxylic acids is 1. The second-order valence-electron chi connectivity index (χ2n) is 6.18. The van der Waals surface area contributed by atoms with E-state index in [1.54, 1.807) is 7.11 Å². The number of benzene rings is 2. The second kappa shape index (κ2) is 6.53. The van der Waals surface area contributed by atoms with Gasteiger partial charge in [-0.05, 0) is 48.6 Å². The Bertz CT molecular complexity index is 760. The van der Waals surface area contributed by atoms with E-state index in [0.717, 1.165) is 17.5 Å². The van der Waals surface area contributed by atoms with Crippen LogP contribution in [0.4, 0.5) is 10.5 Å². The number of aliphatic hydroxyl groups excluding tert-OH is 1. The summed E-state index contributed by atoms with van der Waals surface area (Å²) in [5.74, 6) is 0.598.